The number of aromatic nitrogens is 2. The third-order valence-corrected chi connectivity index (χ3v) is 6.13. The minimum Gasteiger partial charge on any atom is -0.480 e. The van der Waals surface area contributed by atoms with Gasteiger partial charge in [0.25, 0.3) is 10.0 Å². The van der Waals surface area contributed by atoms with Crippen LogP contribution in [-0.4, -0.2) is 36.7 Å². The van der Waals surface area contributed by atoms with Crippen molar-refractivity contribution in [1.29, 1.82) is 0 Å². The average molecular weight is 464 g/mol. The molecule has 0 aliphatic carbocycles. The topological polar surface area (TPSA) is 122 Å². The lowest BCUT2D eigenvalue weighted by Crippen LogP contribution is -2.35. The highest BCUT2D eigenvalue weighted by atomic mass is 32.2. The monoisotopic (exact) mass is 463 g/mol. The van der Waals surface area contributed by atoms with E-state index in [1.54, 1.807) is 0 Å². The number of hydrogen-bond acceptors (Lipinski definition) is 8. The molecule has 9 nitrogen and oxygen atoms in total. The molecule has 12 heteroatoms. The van der Waals surface area contributed by atoms with Gasteiger partial charge in [0.2, 0.25) is 11.8 Å². The van der Waals surface area contributed by atoms with Gasteiger partial charge >= 0.3 is 0 Å². The fourth-order valence-corrected chi connectivity index (χ4v) is 4.23. The van der Waals surface area contributed by atoms with Crippen LogP contribution in [0.5, 0.6) is 5.88 Å². The highest BCUT2D eigenvalue weighted by molar-refractivity contribution is 7.92. The molecular formula is C18H17N5O4S3. The number of hydrogen-bond donors (Lipinski definition) is 3. The Labute approximate surface area is 182 Å². The first-order valence-corrected chi connectivity index (χ1v) is 11.3. The average Bonchev–Trinajstić information content (AvgIpc) is 3.21. The van der Waals surface area contributed by atoms with Crippen molar-refractivity contribution in [1.82, 2.24) is 15.5 Å². The van der Waals surface area contributed by atoms with Gasteiger partial charge in [0.15, 0.2) is 10.9 Å². The van der Waals surface area contributed by atoms with Crippen molar-refractivity contribution in [3.8, 4) is 5.88 Å². The van der Waals surface area contributed by atoms with E-state index in [-0.39, 0.29) is 34.0 Å². The number of thiophene rings is 1. The summed E-state index contributed by atoms with van der Waals surface area (Å²) >= 11 is 6.61. The smallest absolute Gasteiger partial charge is 0.263 e. The number of carbonyl (C=O) groups excluding carboxylic acids is 1. The Morgan fingerprint density at radius 1 is 1.13 bits per heavy atom. The zero-order chi connectivity index (χ0) is 21.6. The second-order valence-electron chi connectivity index (χ2n) is 5.85. The molecule has 0 aliphatic heterocycles. The standard InChI is InChI=1S/C18H17N5O4S3/c1-27-17-9-8-15(21-22-17)23-30(25,26)14-6-4-12(5-7-14)19-18(28)20-16(24)11-13-3-2-10-29-13/h2-10H,11H2,1H3,(H,21,23)(H2,19,20,24,28). The number of carbonyl (C=O) groups is 1. The van der Waals surface area contributed by atoms with Crippen molar-refractivity contribution in [2.45, 2.75) is 11.3 Å². The van der Waals surface area contributed by atoms with Crippen LogP contribution in [0.2, 0.25) is 0 Å². The molecule has 156 valence electrons. The quantitative estimate of drug-likeness (QED) is 0.457. The molecule has 1 amide bonds. The normalized spacial score (nSPS) is 10.8. The van der Waals surface area contributed by atoms with Crippen molar-refractivity contribution >= 4 is 56.1 Å². The molecule has 3 rings (SSSR count). The lowest BCUT2D eigenvalue weighted by molar-refractivity contribution is -0.118. The van der Waals surface area contributed by atoms with Crippen LogP contribution < -0.4 is 20.1 Å². The number of methoxy groups -OCH3 is 1. The molecule has 0 atom stereocenters. The fraction of sp³-hybridized carbons (Fsp3) is 0.111. The number of nitrogens with zero attached hydrogens (tertiary/aromatic N) is 2. The van der Waals surface area contributed by atoms with E-state index in [9.17, 15) is 13.2 Å². The number of ether oxygens (including phenoxy) is 1. The molecule has 0 unspecified atom stereocenters. The van der Waals surface area contributed by atoms with Crippen LogP contribution in [0.25, 0.3) is 0 Å². The molecule has 0 bridgehead atoms. The van der Waals surface area contributed by atoms with Gasteiger partial charge in [-0.25, -0.2) is 8.42 Å². The van der Waals surface area contributed by atoms with Crippen LogP contribution in [0.3, 0.4) is 0 Å². The summed E-state index contributed by atoms with van der Waals surface area (Å²) in [5, 5.41) is 14.9. The fourth-order valence-electron chi connectivity index (χ4n) is 2.30. The Bertz CT molecular complexity index is 1120. The number of thiocarbonyl (C=S) groups is 1. The van der Waals surface area contributed by atoms with Gasteiger partial charge in [0.1, 0.15) is 0 Å². The SMILES string of the molecule is COc1ccc(NS(=O)(=O)c2ccc(NC(=S)NC(=O)Cc3cccs3)cc2)nn1. The van der Waals surface area contributed by atoms with E-state index in [0.29, 0.717) is 5.69 Å². The third-order valence-electron chi connectivity index (χ3n) is 3.68. The summed E-state index contributed by atoms with van der Waals surface area (Å²) < 4.78 is 32.2. The first kappa shape index (κ1) is 21.6. The van der Waals surface area contributed by atoms with Gasteiger partial charge in [0.05, 0.1) is 18.4 Å². The van der Waals surface area contributed by atoms with Gasteiger partial charge in [0, 0.05) is 16.6 Å². The van der Waals surface area contributed by atoms with Gasteiger partial charge < -0.3 is 15.4 Å². The van der Waals surface area contributed by atoms with E-state index in [2.05, 4.69) is 25.6 Å². The van der Waals surface area contributed by atoms with Crippen LogP contribution in [0, 0.1) is 0 Å². The highest BCUT2D eigenvalue weighted by Gasteiger charge is 2.15. The van der Waals surface area contributed by atoms with Crippen LogP contribution in [0.15, 0.2) is 58.8 Å². The zero-order valence-corrected chi connectivity index (χ0v) is 18.1. The zero-order valence-electron chi connectivity index (χ0n) is 15.7. The predicted molar refractivity (Wildman–Crippen MR) is 118 cm³/mol. The number of nitrogens with one attached hydrogen (secondary N) is 3. The van der Waals surface area contributed by atoms with E-state index in [1.165, 1.54) is 54.8 Å². The van der Waals surface area contributed by atoms with E-state index >= 15 is 0 Å². The second-order valence-corrected chi connectivity index (χ2v) is 8.97. The minimum absolute atomic E-state index is 0.0262. The Morgan fingerprint density at radius 3 is 2.50 bits per heavy atom. The van der Waals surface area contributed by atoms with Crippen LogP contribution in [-0.2, 0) is 21.2 Å². The molecule has 3 aromatic rings. The van der Waals surface area contributed by atoms with Crippen molar-refractivity contribution in [3.63, 3.8) is 0 Å². The number of sulfonamides is 1. The maximum atomic E-state index is 12.5. The molecule has 1 aromatic carbocycles. The van der Waals surface area contributed by atoms with Gasteiger partial charge in [-0.15, -0.1) is 21.5 Å². The largest absolute Gasteiger partial charge is 0.480 e. The summed E-state index contributed by atoms with van der Waals surface area (Å²) in [6, 6.07) is 12.5. The number of anilines is 2. The number of amides is 1. The molecule has 0 saturated carbocycles. The molecule has 0 aliphatic rings. The molecule has 0 radical (unpaired) electrons. The lowest BCUT2D eigenvalue weighted by Gasteiger charge is -2.11. The van der Waals surface area contributed by atoms with Crippen molar-refractivity contribution in [3.05, 3.63) is 58.8 Å². The molecule has 2 aromatic heterocycles. The van der Waals surface area contributed by atoms with Crippen LogP contribution >= 0.6 is 23.6 Å². The Balaban J connectivity index is 1.57. The molecule has 30 heavy (non-hydrogen) atoms. The summed E-state index contributed by atoms with van der Waals surface area (Å²) in [7, 11) is -2.41. The maximum Gasteiger partial charge on any atom is 0.263 e. The predicted octanol–water partition coefficient (Wildman–Crippen LogP) is 2.40. The van der Waals surface area contributed by atoms with E-state index in [4.69, 9.17) is 17.0 Å². The summed E-state index contributed by atoms with van der Waals surface area (Å²) in [6.45, 7) is 0. The van der Waals surface area contributed by atoms with Gasteiger partial charge in [-0.1, -0.05) is 6.07 Å². The van der Waals surface area contributed by atoms with Crippen molar-refractivity contribution < 1.29 is 17.9 Å². The van der Waals surface area contributed by atoms with E-state index in [0.717, 1.165) is 4.88 Å². The summed E-state index contributed by atoms with van der Waals surface area (Å²) in [6.07, 6.45) is 0.233. The molecule has 3 N–H and O–H groups in total. The van der Waals surface area contributed by atoms with Gasteiger partial charge in [-0.05, 0) is 54.0 Å². The first-order chi connectivity index (χ1) is 14.4. The Hall–Kier alpha value is -3.09. The van der Waals surface area contributed by atoms with E-state index < -0.39 is 10.0 Å². The molecule has 0 spiro atoms. The summed E-state index contributed by atoms with van der Waals surface area (Å²) in [5.74, 6) is 0.0957. The lowest BCUT2D eigenvalue weighted by atomic mass is 10.3. The molecular weight excluding hydrogens is 446 g/mol. The van der Waals surface area contributed by atoms with E-state index in [1.807, 2.05) is 17.5 Å². The second kappa shape index (κ2) is 9.61. The number of rotatable bonds is 7. The molecule has 0 fully saturated rings. The summed E-state index contributed by atoms with van der Waals surface area (Å²) in [4.78, 5) is 12.9. The Morgan fingerprint density at radius 2 is 1.90 bits per heavy atom. The third kappa shape index (κ3) is 5.95. The van der Waals surface area contributed by atoms with Crippen molar-refractivity contribution in [2.24, 2.45) is 0 Å². The Kier molecular flexibility index (Phi) is 6.92. The van der Waals surface area contributed by atoms with Gasteiger partial charge in [-0.2, -0.15) is 0 Å². The van der Waals surface area contributed by atoms with Crippen molar-refractivity contribution in [2.75, 3.05) is 17.1 Å². The van der Waals surface area contributed by atoms with Crippen LogP contribution in [0.1, 0.15) is 4.88 Å². The minimum atomic E-state index is -3.85. The highest BCUT2D eigenvalue weighted by Crippen LogP contribution is 2.18. The maximum absolute atomic E-state index is 12.5. The van der Waals surface area contributed by atoms with Gasteiger partial charge in [-0.3, -0.25) is 9.52 Å². The first-order valence-electron chi connectivity index (χ1n) is 8.49. The molecule has 2 heterocycles. The van der Waals surface area contributed by atoms with Crippen LogP contribution in [0.4, 0.5) is 11.5 Å². The number of benzene rings is 1. The summed E-state index contributed by atoms with van der Waals surface area (Å²) in [5.41, 5.74) is 0.527. The molecule has 0 saturated heterocycles.